The topological polar surface area (TPSA) is 51.1 Å². The summed E-state index contributed by atoms with van der Waals surface area (Å²) in [6.07, 6.45) is 2.05. The van der Waals surface area contributed by atoms with Gasteiger partial charge in [0.1, 0.15) is 0 Å². The Kier molecular flexibility index (Phi) is 4.96. The van der Waals surface area contributed by atoms with Crippen molar-refractivity contribution < 1.29 is 9.59 Å². The lowest BCUT2D eigenvalue weighted by molar-refractivity contribution is -0.121. The molecular formula is C19H17ClN2O2. The minimum absolute atomic E-state index is 0.0934. The number of carbonyl (C=O) groups excluding carboxylic acids is 2. The molecule has 4 nitrogen and oxygen atoms in total. The molecule has 0 radical (unpaired) electrons. The second-order valence-electron chi connectivity index (χ2n) is 5.51. The number of carbonyl (C=O) groups is 2. The van der Waals surface area contributed by atoms with Crippen LogP contribution in [0, 0.1) is 0 Å². The highest BCUT2D eigenvalue weighted by Crippen LogP contribution is 2.16. The van der Waals surface area contributed by atoms with E-state index in [9.17, 15) is 9.59 Å². The van der Waals surface area contributed by atoms with Crippen molar-refractivity contribution in [2.45, 2.75) is 19.4 Å². The Morgan fingerprint density at radius 3 is 2.54 bits per heavy atom. The molecule has 0 bridgehead atoms. The monoisotopic (exact) mass is 340 g/mol. The lowest BCUT2D eigenvalue weighted by Crippen LogP contribution is -2.24. The summed E-state index contributed by atoms with van der Waals surface area (Å²) in [6, 6.07) is 16.9. The number of halogens is 1. The Balaban J connectivity index is 1.54. The fourth-order valence-corrected chi connectivity index (χ4v) is 2.77. The third-order valence-corrected chi connectivity index (χ3v) is 4.24. The van der Waals surface area contributed by atoms with Gasteiger partial charge in [0.15, 0.2) is 0 Å². The maximum absolute atomic E-state index is 12.3. The third kappa shape index (κ3) is 3.66. The number of hydrogen-bond acceptors (Lipinski definition) is 2. The Bertz CT molecular complexity index is 886. The Hall–Kier alpha value is -2.59. The van der Waals surface area contributed by atoms with Gasteiger partial charge in [0.05, 0.1) is 5.52 Å². The molecule has 0 aliphatic carbocycles. The van der Waals surface area contributed by atoms with Crippen molar-refractivity contribution in [3.8, 4) is 0 Å². The van der Waals surface area contributed by atoms with Crippen molar-refractivity contribution >= 4 is 34.3 Å². The molecule has 1 amide bonds. The summed E-state index contributed by atoms with van der Waals surface area (Å²) in [5, 5.41) is 4.42. The summed E-state index contributed by atoms with van der Waals surface area (Å²) in [6.45, 7) is 0.360. The fraction of sp³-hybridized carbons (Fsp3) is 0.158. The van der Waals surface area contributed by atoms with E-state index in [-0.39, 0.29) is 24.7 Å². The van der Waals surface area contributed by atoms with E-state index in [4.69, 9.17) is 11.6 Å². The summed E-state index contributed by atoms with van der Waals surface area (Å²) >= 11 is 6.05. The number of aromatic nitrogens is 1. The lowest BCUT2D eigenvalue weighted by Gasteiger charge is -2.07. The second kappa shape index (κ2) is 7.32. The van der Waals surface area contributed by atoms with Crippen LogP contribution in [0.1, 0.15) is 23.2 Å². The normalized spacial score (nSPS) is 10.7. The molecule has 0 saturated carbocycles. The molecule has 1 heterocycles. The number of amides is 1. The molecule has 0 fully saturated rings. The van der Waals surface area contributed by atoms with Crippen LogP contribution in [0.5, 0.6) is 0 Å². The van der Waals surface area contributed by atoms with Gasteiger partial charge in [0.25, 0.3) is 0 Å². The molecule has 0 unspecified atom stereocenters. The van der Waals surface area contributed by atoms with E-state index < -0.39 is 0 Å². The van der Waals surface area contributed by atoms with Gasteiger partial charge in [-0.25, -0.2) is 0 Å². The molecule has 24 heavy (non-hydrogen) atoms. The summed E-state index contributed by atoms with van der Waals surface area (Å²) < 4.78 is 1.59. The van der Waals surface area contributed by atoms with E-state index >= 15 is 0 Å². The van der Waals surface area contributed by atoms with Gasteiger partial charge in [0, 0.05) is 36.0 Å². The largest absolute Gasteiger partial charge is 0.352 e. The first-order chi connectivity index (χ1) is 11.6. The van der Waals surface area contributed by atoms with Crippen LogP contribution >= 0.6 is 11.6 Å². The summed E-state index contributed by atoms with van der Waals surface area (Å²) in [5.41, 5.74) is 1.72. The van der Waals surface area contributed by atoms with E-state index in [1.165, 1.54) is 0 Å². The van der Waals surface area contributed by atoms with Crippen molar-refractivity contribution in [1.29, 1.82) is 0 Å². The average molecular weight is 341 g/mol. The van der Waals surface area contributed by atoms with E-state index in [0.717, 1.165) is 16.5 Å². The van der Waals surface area contributed by atoms with Gasteiger partial charge in [-0.1, -0.05) is 48.0 Å². The number of nitrogens with one attached hydrogen (secondary N) is 1. The standard InChI is InChI=1S/C19H17ClN2O2/c20-16-7-3-1-6-15(16)13-21-18(23)9-10-19(24)22-12-11-14-5-2-4-8-17(14)22/h1-8,11-12H,9-10,13H2,(H,21,23). The molecule has 122 valence electrons. The van der Waals surface area contributed by atoms with Gasteiger partial charge in [-0.15, -0.1) is 0 Å². The molecule has 1 N–H and O–H groups in total. The van der Waals surface area contributed by atoms with Crippen LogP contribution in [-0.4, -0.2) is 16.4 Å². The van der Waals surface area contributed by atoms with Gasteiger partial charge in [-0.2, -0.15) is 0 Å². The van der Waals surface area contributed by atoms with Crippen LogP contribution in [-0.2, 0) is 11.3 Å². The lowest BCUT2D eigenvalue weighted by atomic mass is 10.2. The first kappa shape index (κ1) is 16.3. The molecule has 3 aromatic rings. The number of rotatable bonds is 5. The highest BCUT2D eigenvalue weighted by atomic mass is 35.5. The number of nitrogens with zero attached hydrogens (tertiary/aromatic N) is 1. The van der Waals surface area contributed by atoms with Crippen molar-refractivity contribution in [2.24, 2.45) is 0 Å². The SMILES string of the molecule is O=C(CCC(=O)n1ccc2ccccc21)NCc1ccccc1Cl. The number of para-hydroxylation sites is 1. The molecule has 0 aliphatic heterocycles. The van der Waals surface area contributed by atoms with Crippen molar-refractivity contribution in [1.82, 2.24) is 9.88 Å². The Morgan fingerprint density at radius 1 is 0.958 bits per heavy atom. The van der Waals surface area contributed by atoms with Crippen LogP contribution in [0.25, 0.3) is 10.9 Å². The first-order valence-corrected chi connectivity index (χ1v) is 8.12. The molecule has 0 saturated heterocycles. The summed E-state index contributed by atoms with van der Waals surface area (Å²) in [7, 11) is 0. The molecular weight excluding hydrogens is 324 g/mol. The Morgan fingerprint density at radius 2 is 1.71 bits per heavy atom. The third-order valence-electron chi connectivity index (χ3n) is 3.87. The van der Waals surface area contributed by atoms with Crippen LogP contribution < -0.4 is 5.32 Å². The average Bonchev–Trinajstić information content (AvgIpc) is 3.03. The molecule has 1 aromatic heterocycles. The van der Waals surface area contributed by atoms with Crippen molar-refractivity contribution in [3.63, 3.8) is 0 Å². The zero-order valence-electron chi connectivity index (χ0n) is 13.0. The summed E-state index contributed by atoms with van der Waals surface area (Å²) in [5.74, 6) is -0.260. The molecule has 2 aromatic carbocycles. The minimum Gasteiger partial charge on any atom is -0.352 e. The zero-order valence-corrected chi connectivity index (χ0v) is 13.8. The quantitative estimate of drug-likeness (QED) is 0.762. The van der Waals surface area contributed by atoms with Crippen molar-refractivity contribution in [2.75, 3.05) is 0 Å². The number of hydrogen-bond donors (Lipinski definition) is 1. The maximum Gasteiger partial charge on any atom is 0.231 e. The van der Waals surface area contributed by atoms with E-state index in [1.807, 2.05) is 48.5 Å². The van der Waals surface area contributed by atoms with Crippen LogP contribution in [0.2, 0.25) is 5.02 Å². The maximum atomic E-state index is 12.3. The first-order valence-electron chi connectivity index (χ1n) is 7.74. The van der Waals surface area contributed by atoms with Crippen LogP contribution in [0.3, 0.4) is 0 Å². The Labute approximate surface area is 145 Å². The molecule has 0 atom stereocenters. The second-order valence-corrected chi connectivity index (χ2v) is 5.91. The predicted molar refractivity (Wildman–Crippen MR) is 95.1 cm³/mol. The van der Waals surface area contributed by atoms with E-state index in [2.05, 4.69) is 5.32 Å². The van der Waals surface area contributed by atoms with Crippen molar-refractivity contribution in [3.05, 3.63) is 71.4 Å². The predicted octanol–water partition coefficient (Wildman–Crippen LogP) is 4.03. The minimum atomic E-state index is -0.167. The fourth-order valence-electron chi connectivity index (χ4n) is 2.57. The molecule has 0 aliphatic rings. The van der Waals surface area contributed by atoms with Gasteiger partial charge >= 0.3 is 0 Å². The zero-order chi connectivity index (χ0) is 16.9. The molecule has 3 rings (SSSR count). The smallest absolute Gasteiger partial charge is 0.231 e. The molecule has 5 heteroatoms. The van der Waals surface area contributed by atoms with E-state index in [1.54, 1.807) is 16.8 Å². The van der Waals surface area contributed by atoms with Crippen LogP contribution in [0.15, 0.2) is 60.8 Å². The highest BCUT2D eigenvalue weighted by molar-refractivity contribution is 6.31. The van der Waals surface area contributed by atoms with Gasteiger partial charge in [0.2, 0.25) is 11.8 Å². The van der Waals surface area contributed by atoms with E-state index in [0.29, 0.717) is 11.6 Å². The van der Waals surface area contributed by atoms with Crippen LogP contribution in [0.4, 0.5) is 0 Å². The number of benzene rings is 2. The highest BCUT2D eigenvalue weighted by Gasteiger charge is 2.11. The molecule has 0 spiro atoms. The summed E-state index contributed by atoms with van der Waals surface area (Å²) in [4.78, 5) is 24.3. The van der Waals surface area contributed by atoms with Gasteiger partial charge < -0.3 is 5.32 Å². The van der Waals surface area contributed by atoms with Gasteiger partial charge in [-0.05, 0) is 23.8 Å². The number of fused-ring (bicyclic) bond motifs is 1. The van der Waals surface area contributed by atoms with Gasteiger partial charge in [-0.3, -0.25) is 14.2 Å².